The van der Waals surface area contributed by atoms with Gasteiger partial charge in [-0.2, -0.15) is 0 Å². The van der Waals surface area contributed by atoms with E-state index in [0.717, 1.165) is 0 Å². The molecule has 1 fully saturated rings. The lowest BCUT2D eigenvalue weighted by atomic mass is 10.0. The molecule has 0 radical (unpaired) electrons. The Balaban J connectivity index is 2.52. The molecule has 60 valence electrons. The highest BCUT2D eigenvalue weighted by Crippen LogP contribution is 2.16. The number of aliphatic hydroxyl groups excluding tert-OH is 2. The molecule has 0 aliphatic carbocycles. The van der Waals surface area contributed by atoms with Crippen LogP contribution in [0.3, 0.4) is 0 Å². The number of halogens is 1. The number of hydrogen-bond donors (Lipinski definition) is 2. The van der Waals surface area contributed by atoms with Crippen molar-refractivity contribution in [2.24, 2.45) is 0 Å². The molecule has 3 nitrogen and oxygen atoms in total. The van der Waals surface area contributed by atoms with E-state index in [-0.39, 0.29) is 6.61 Å². The summed E-state index contributed by atoms with van der Waals surface area (Å²) in [5.74, 6) is 0. The predicted molar refractivity (Wildman–Crippen MR) is 32.3 cm³/mol. The van der Waals surface area contributed by atoms with E-state index in [4.69, 9.17) is 14.9 Å². The standard InChI is InChI=1S/C6H11FO3/c1-3-5(8)6(9)4(7)2-10-3/h3-6,8-9H,2H2,1H3/t3-,4-,5+,6-/m1/s1. The van der Waals surface area contributed by atoms with Crippen molar-refractivity contribution in [3.8, 4) is 0 Å². The Morgan fingerprint density at radius 1 is 1.40 bits per heavy atom. The van der Waals surface area contributed by atoms with Crippen LogP contribution in [0.4, 0.5) is 4.39 Å². The first kappa shape index (κ1) is 7.91. The van der Waals surface area contributed by atoms with Gasteiger partial charge in [0.1, 0.15) is 12.2 Å². The van der Waals surface area contributed by atoms with E-state index in [2.05, 4.69) is 0 Å². The van der Waals surface area contributed by atoms with Crippen LogP contribution < -0.4 is 0 Å². The van der Waals surface area contributed by atoms with Crippen LogP contribution in [0.1, 0.15) is 6.92 Å². The molecule has 1 heterocycles. The largest absolute Gasteiger partial charge is 0.388 e. The van der Waals surface area contributed by atoms with Crippen molar-refractivity contribution in [1.82, 2.24) is 0 Å². The Hall–Kier alpha value is -0.190. The van der Waals surface area contributed by atoms with Gasteiger partial charge in [-0.1, -0.05) is 0 Å². The van der Waals surface area contributed by atoms with Crippen LogP contribution in [0.25, 0.3) is 0 Å². The second-order valence-corrected chi connectivity index (χ2v) is 2.54. The summed E-state index contributed by atoms with van der Waals surface area (Å²) in [4.78, 5) is 0. The molecule has 1 aliphatic heterocycles. The van der Waals surface area contributed by atoms with Crippen LogP contribution in [0.5, 0.6) is 0 Å². The topological polar surface area (TPSA) is 49.7 Å². The first-order valence-electron chi connectivity index (χ1n) is 3.24. The lowest BCUT2D eigenvalue weighted by Gasteiger charge is -2.31. The van der Waals surface area contributed by atoms with Crippen molar-refractivity contribution in [2.75, 3.05) is 6.61 Å². The second kappa shape index (κ2) is 2.82. The van der Waals surface area contributed by atoms with E-state index in [1.165, 1.54) is 0 Å². The van der Waals surface area contributed by atoms with Crippen LogP contribution in [-0.4, -0.2) is 41.3 Å². The smallest absolute Gasteiger partial charge is 0.152 e. The Kier molecular flexibility index (Phi) is 2.23. The van der Waals surface area contributed by atoms with Gasteiger partial charge < -0.3 is 14.9 Å². The quantitative estimate of drug-likeness (QED) is 0.488. The molecule has 0 saturated carbocycles. The maximum atomic E-state index is 12.5. The van der Waals surface area contributed by atoms with Crippen molar-refractivity contribution in [2.45, 2.75) is 31.4 Å². The van der Waals surface area contributed by atoms with Crippen molar-refractivity contribution < 1.29 is 19.3 Å². The molecule has 0 aromatic heterocycles. The van der Waals surface area contributed by atoms with Gasteiger partial charge in [-0.15, -0.1) is 0 Å². The Bertz CT molecular complexity index is 106. The van der Waals surface area contributed by atoms with Gasteiger partial charge in [-0.05, 0) is 6.92 Å². The number of ether oxygens (including phenoxy) is 1. The molecule has 1 rings (SSSR count). The predicted octanol–water partition coefficient (Wildman–Crippen LogP) is -0.535. The van der Waals surface area contributed by atoms with Gasteiger partial charge in [0, 0.05) is 0 Å². The fraction of sp³-hybridized carbons (Fsp3) is 1.00. The van der Waals surface area contributed by atoms with E-state index in [1.54, 1.807) is 6.92 Å². The third-order valence-corrected chi connectivity index (χ3v) is 1.72. The zero-order valence-electron chi connectivity index (χ0n) is 5.70. The first-order chi connectivity index (χ1) is 4.63. The van der Waals surface area contributed by atoms with E-state index < -0.39 is 24.5 Å². The van der Waals surface area contributed by atoms with Gasteiger partial charge in [0.15, 0.2) is 6.17 Å². The van der Waals surface area contributed by atoms with Crippen molar-refractivity contribution in [3.63, 3.8) is 0 Å². The van der Waals surface area contributed by atoms with Crippen LogP contribution in [0.15, 0.2) is 0 Å². The Morgan fingerprint density at radius 3 is 2.50 bits per heavy atom. The highest BCUT2D eigenvalue weighted by Gasteiger charge is 2.35. The van der Waals surface area contributed by atoms with Gasteiger partial charge >= 0.3 is 0 Å². The molecule has 0 unspecified atom stereocenters. The lowest BCUT2D eigenvalue weighted by Crippen LogP contribution is -2.49. The highest BCUT2D eigenvalue weighted by molar-refractivity contribution is 4.84. The lowest BCUT2D eigenvalue weighted by molar-refractivity contribution is -0.162. The van der Waals surface area contributed by atoms with Crippen LogP contribution in [0, 0.1) is 0 Å². The van der Waals surface area contributed by atoms with E-state index >= 15 is 0 Å². The van der Waals surface area contributed by atoms with Gasteiger partial charge in [0.05, 0.1) is 12.7 Å². The SMILES string of the molecule is C[C@H]1OC[C@@H](F)[C@@H](O)[C@H]1O. The average molecular weight is 150 g/mol. The molecule has 10 heavy (non-hydrogen) atoms. The molecule has 0 amide bonds. The van der Waals surface area contributed by atoms with Gasteiger partial charge in [-0.25, -0.2) is 4.39 Å². The molecule has 0 aromatic rings. The molecule has 0 aromatic carbocycles. The van der Waals surface area contributed by atoms with E-state index in [9.17, 15) is 4.39 Å². The van der Waals surface area contributed by atoms with Crippen LogP contribution in [-0.2, 0) is 4.74 Å². The Morgan fingerprint density at radius 2 is 2.00 bits per heavy atom. The molecule has 1 aliphatic rings. The molecule has 4 heteroatoms. The first-order valence-corrected chi connectivity index (χ1v) is 3.24. The normalized spacial score (nSPS) is 49.2. The van der Waals surface area contributed by atoms with E-state index in [1.807, 2.05) is 0 Å². The summed E-state index contributed by atoms with van der Waals surface area (Å²) in [6.07, 6.45) is -4.30. The summed E-state index contributed by atoms with van der Waals surface area (Å²) in [7, 11) is 0. The number of rotatable bonds is 0. The third-order valence-electron chi connectivity index (χ3n) is 1.72. The maximum Gasteiger partial charge on any atom is 0.152 e. The minimum absolute atomic E-state index is 0.126. The molecular formula is C6H11FO3. The van der Waals surface area contributed by atoms with Crippen LogP contribution >= 0.6 is 0 Å². The van der Waals surface area contributed by atoms with Crippen molar-refractivity contribution >= 4 is 0 Å². The summed E-state index contributed by atoms with van der Waals surface area (Å²) in [5, 5.41) is 17.9. The van der Waals surface area contributed by atoms with E-state index in [0.29, 0.717) is 0 Å². The zero-order chi connectivity index (χ0) is 7.72. The minimum Gasteiger partial charge on any atom is -0.388 e. The van der Waals surface area contributed by atoms with Gasteiger partial charge in [0.25, 0.3) is 0 Å². The molecule has 4 atom stereocenters. The summed E-state index contributed by atoms with van der Waals surface area (Å²) < 4.78 is 17.3. The van der Waals surface area contributed by atoms with Crippen molar-refractivity contribution in [1.29, 1.82) is 0 Å². The fourth-order valence-corrected chi connectivity index (χ4v) is 0.933. The molecular weight excluding hydrogens is 139 g/mol. The molecule has 2 N–H and O–H groups in total. The number of alkyl halides is 1. The summed E-state index contributed by atoms with van der Waals surface area (Å²) in [6.45, 7) is 1.47. The fourth-order valence-electron chi connectivity index (χ4n) is 0.933. The van der Waals surface area contributed by atoms with Gasteiger partial charge in [-0.3, -0.25) is 0 Å². The zero-order valence-corrected chi connectivity index (χ0v) is 5.70. The summed E-state index contributed by atoms with van der Waals surface area (Å²) in [5.41, 5.74) is 0. The number of hydrogen-bond acceptors (Lipinski definition) is 3. The maximum absolute atomic E-state index is 12.5. The third kappa shape index (κ3) is 1.28. The highest BCUT2D eigenvalue weighted by atomic mass is 19.1. The summed E-state index contributed by atoms with van der Waals surface area (Å²) >= 11 is 0. The molecule has 0 bridgehead atoms. The Labute approximate surface area is 58.4 Å². The average Bonchev–Trinajstić information content (AvgIpc) is 1.93. The second-order valence-electron chi connectivity index (χ2n) is 2.54. The minimum atomic E-state index is -1.45. The monoisotopic (exact) mass is 150 g/mol. The number of aliphatic hydroxyl groups is 2. The van der Waals surface area contributed by atoms with Gasteiger partial charge in [0.2, 0.25) is 0 Å². The molecule has 0 spiro atoms. The summed E-state index contributed by atoms with van der Waals surface area (Å²) in [6, 6.07) is 0. The van der Waals surface area contributed by atoms with Crippen LogP contribution in [0.2, 0.25) is 0 Å². The molecule has 1 saturated heterocycles. The van der Waals surface area contributed by atoms with Crippen molar-refractivity contribution in [3.05, 3.63) is 0 Å².